The molecule has 0 unspecified atom stereocenters. The number of hydrogen-bond donors (Lipinski definition) is 2. The van der Waals surface area contributed by atoms with E-state index >= 15 is 0 Å². The fraction of sp³-hybridized carbons (Fsp3) is 0.318. The number of rotatable bonds is 6. The molecule has 0 saturated carbocycles. The highest BCUT2D eigenvalue weighted by molar-refractivity contribution is 5.86. The minimum absolute atomic E-state index is 0.231. The SMILES string of the molecule is C[C@@H](NC/C=C/C#CCC(C)(C)C(=O)O)c1cccc2ccccc12. The van der Waals surface area contributed by atoms with Gasteiger partial charge in [0.05, 0.1) is 5.41 Å². The zero-order valence-electron chi connectivity index (χ0n) is 15.0. The lowest BCUT2D eigenvalue weighted by Gasteiger charge is -2.15. The van der Waals surface area contributed by atoms with Crippen molar-refractivity contribution in [3.05, 3.63) is 60.2 Å². The highest BCUT2D eigenvalue weighted by Crippen LogP contribution is 2.23. The molecule has 0 aliphatic rings. The molecule has 2 N–H and O–H groups in total. The summed E-state index contributed by atoms with van der Waals surface area (Å²) < 4.78 is 0. The summed E-state index contributed by atoms with van der Waals surface area (Å²) in [4.78, 5) is 11.0. The summed E-state index contributed by atoms with van der Waals surface area (Å²) in [5, 5.41) is 15.0. The first kappa shape index (κ1) is 18.8. The summed E-state index contributed by atoms with van der Waals surface area (Å²) in [6.07, 6.45) is 4.08. The van der Waals surface area contributed by atoms with Gasteiger partial charge in [0.25, 0.3) is 0 Å². The van der Waals surface area contributed by atoms with Gasteiger partial charge >= 0.3 is 5.97 Å². The number of carboxylic acid groups (broad SMARTS) is 1. The van der Waals surface area contributed by atoms with E-state index in [1.165, 1.54) is 16.3 Å². The average molecular weight is 335 g/mol. The molecule has 2 aromatic rings. The molecule has 2 rings (SSSR count). The van der Waals surface area contributed by atoms with Crippen LogP contribution in [0.2, 0.25) is 0 Å². The normalized spacial score (nSPS) is 12.8. The first-order valence-corrected chi connectivity index (χ1v) is 8.49. The van der Waals surface area contributed by atoms with Gasteiger partial charge in [0, 0.05) is 19.0 Å². The summed E-state index contributed by atoms with van der Waals surface area (Å²) >= 11 is 0. The maximum Gasteiger partial charge on any atom is 0.310 e. The van der Waals surface area contributed by atoms with Crippen LogP contribution in [0.25, 0.3) is 10.8 Å². The van der Waals surface area contributed by atoms with Gasteiger partial charge in [-0.3, -0.25) is 4.79 Å². The topological polar surface area (TPSA) is 49.3 Å². The Bertz CT molecular complexity index is 819. The lowest BCUT2D eigenvalue weighted by molar-refractivity contribution is -0.146. The van der Waals surface area contributed by atoms with E-state index in [2.05, 4.69) is 66.5 Å². The third kappa shape index (κ3) is 5.20. The van der Waals surface area contributed by atoms with E-state index in [1.807, 2.05) is 6.08 Å². The van der Waals surface area contributed by atoms with Crippen LogP contribution in [0.4, 0.5) is 0 Å². The fourth-order valence-corrected chi connectivity index (χ4v) is 2.51. The molecule has 0 aliphatic heterocycles. The van der Waals surface area contributed by atoms with Gasteiger partial charge in [-0.05, 0) is 43.2 Å². The third-order valence-corrected chi connectivity index (χ3v) is 4.24. The lowest BCUT2D eigenvalue weighted by Crippen LogP contribution is -2.22. The molecule has 2 aromatic carbocycles. The van der Waals surface area contributed by atoms with E-state index < -0.39 is 11.4 Å². The van der Waals surface area contributed by atoms with Gasteiger partial charge < -0.3 is 10.4 Å². The van der Waals surface area contributed by atoms with Crippen LogP contribution in [0.3, 0.4) is 0 Å². The van der Waals surface area contributed by atoms with Crippen molar-refractivity contribution < 1.29 is 9.90 Å². The zero-order chi connectivity index (χ0) is 18.3. The van der Waals surface area contributed by atoms with Crippen LogP contribution < -0.4 is 5.32 Å². The largest absolute Gasteiger partial charge is 0.481 e. The molecule has 3 nitrogen and oxygen atoms in total. The number of allylic oxidation sites excluding steroid dienone is 1. The Morgan fingerprint density at radius 2 is 1.96 bits per heavy atom. The van der Waals surface area contributed by atoms with Gasteiger partial charge in [0.1, 0.15) is 0 Å². The highest BCUT2D eigenvalue weighted by Gasteiger charge is 2.25. The number of aliphatic carboxylic acids is 1. The number of hydrogen-bond acceptors (Lipinski definition) is 2. The van der Waals surface area contributed by atoms with Crippen molar-refractivity contribution in [3.8, 4) is 11.8 Å². The molecule has 0 heterocycles. The van der Waals surface area contributed by atoms with E-state index in [0.717, 1.165) is 0 Å². The number of carboxylic acids is 1. The van der Waals surface area contributed by atoms with E-state index in [4.69, 9.17) is 5.11 Å². The molecule has 0 fully saturated rings. The molecule has 130 valence electrons. The molecule has 0 spiro atoms. The Morgan fingerprint density at radius 3 is 2.72 bits per heavy atom. The van der Waals surface area contributed by atoms with Crippen molar-refractivity contribution in [3.63, 3.8) is 0 Å². The zero-order valence-corrected chi connectivity index (χ0v) is 15.0. The van der Waals surface area contributed by atoms with Gasteiger partial charge in [-0.1, -0.05) is 60.4 Å². The molecule has 0 aliphatic carbocycles. The Labute approximate surface area is 149 Å². The maximum atomic E-state index is 11.0. The molecule has 0 bridgehead atoms. The first-order valence-electron chi connectivity index (χ1n) is 8.49. The molecule has 0 aromatic heterocycles. The second-order valence-corrected chi connectivity index (χ2v) is 6.79. The van der Waals surface area contributed by atoms with Gasteiger partial charge in [0.15, 0.2) is 0 Å². The standard InChI is InChI=1S/C22H25NO2/c1-17(19-14-10-12-18-11-6-7-13-20(18)19)23-16-9-5-4-8-15-22(2,3)21(24)25/h5-7,9-14,17,23H,15-16H2,1-3H3,(H,24,25)/b9-5+/t17-/m1/s1. The quantitative estimate of drug-likeness (QED) is 0.761. The summed E-state index contributed by atoms with van der Waals surface area (Å²) in [5.41, 5.74) is 0.475. The number of nitrogens with one attached hydrogen (secondary N) is 1. The summed E-state index contributed by atoms with van der Waals surface area (Å²) in [6, 6.07) is 15.0. The van der Waals surface area contributed by atoms with Crippen molar-refractivity contribution in [2.45, 2.75) is 33.2 Å². The minimum Gasteiger partial charge on any atom is -0.481 e. The predicted molar refractivity (Wildman–Crippen MR) is 103 cm³/mol. The van der Waals surface area contributed by atoms with Crippen molar-refractivity contribution in [2.24, 2.45) is 5.41 Å². The Balaban J connectivity index is 1.88. The molecular weight excluding hydrogens is 310 g/mol. The van der Waals surface area contributed by atoms with E-state index in [9.17, 15) is 4.79 Å². The van der Waals surface area contributed by atoms with Crippen molar-refractivity contribution in [1.82, 2.24) is 5.32 Å². The monoisotopic (exact) mass is 335 g/mol. The van der Waals surface area contributed by atoms with Gasteiger partial charge in [-0.2, -0.15) is 0 Å². The van der Waals surface area contributed by atoms with E-state index in [1.54, 1.807) is 19.9 Å². The lowest BCUT2D eigenvalue weighted by atomic mass is 9.90. The van der Waals surface area contributed by atoms with Crippen molar-refractivity contribution >= 4 is 16.7 Å². The van der Waals surface area contributed by atoms with Gasteiger partial charge in [-0.25, -0.2) is 0 Å². The van der Waals surface area contributed by atoms with Crippen LogP contribution in [-0.2, 0) is 4.79 Å². The molecule has 0 amide bonds. The van der Waals surface area contributed by atoms with Crippen LogP contribution in [0, 0.1) is 17.3 Å². The minimum atomic E-state index is -0.823. The van der Waals surface area contributed by atoms with Crippen molar-refractivity contribution in [2.75, 3.05) is 6.54 Å². The molecule has 25 heavy (non-hydrogen) atoms. The van der Waals surface area contributed by atoms with Crippen LogP contribution in [-0.4, -0.2) is 17.6 Å². The Hall–Kier alpha value is -2.57. The summed E-state index contributed by atoms with van der Waals surface area (Å²) in [6.45, 7) is 6.22. The third-order valence-electron chi connectivity index (χ3n) is 4.24. The van der Waals surface area contributed by atoms with Crippen LogP contribution in [0.1, 0.15) is 38.8 Å². The second kappa shape index (κ2) is 8.50. The smallest absolute Gasteiger partial charge is 0.310 e. The molecule has 1 atom stereocenters. The average Bonchev–Trinajstić information content (AvgIpc) is 2.60. The molecule has 0 radical (unpaired) electrons. The van der Waals surface area contributed by atoms with E-state index in [0.29, 0.717) is 13.0 Å². The fourth-order valence-electron chi connectivity index (χ4n) is 2.51. The first-order chi connectivity index (χ1) is 11.9. The van der Waals surface area contributed by atoms with Crippen LogP contribution >= 0.6 is 0 Å². The summed E-state index contributed by atoms with van der Waals surface area (Å²) in [7, 11) is 0. The second-order valence-electron chi connectivity index (χ2n) is 6.79. The van der Waals surface area contributed by atoms with E-state index in [-0.39, 0.29) is 6.04 Å². The molecule has 0 saturated heterocycles. The van der Waals surface area contributed by atoms with Crippen LogP contribution in [0.15, 0.2) is 54.6 Å². The van der Waals surface area contributed by atoms with Gasteiger partial charge in [0.2, 0.25) is 0 Å². The summed E-state index contributed by atoms with van der Waals surface area (Å²) in [5.74, 6) is 4.99. The van der Waals surface area contributed by atoms with Crippen molar-refractivity contribution in [1.29, 1.82) is 0 Å². The van der Waals surface area contributed by atoms with Crippen LogP contribution in [0.5, 0.6) is 0 Å². The number of fused-ring (bicyclic) bond motifs is 1. The Morgan fingerprint density at radius 1 is 1.24 bits per heavy atom. The molecular formula is C22H25NO2. The predicted octanol–water partition coefficient (Wildman–Crippen LogP) is 4.55. The Kier molecular flexibility index (Phi) is 6.38. The maximum absolute atomic E-state index is 11.0. The van der Waals surface area contributed by atoms with Gasteiger partial charge in [-0.15, -0.1) is 0 Å². The number of benzene rings is 2. The highest BCUT2D eigenvalue weighted by atomic mass is 16.4. The molecule has 3 heteroatoms. The number of carbonyl (C=O) groups is 1.